The Morgan fingerprint density at radius 2 is 0.574 bits per heavy atom. The number of hydrogen-bond donors (Lipinski definition) is 0. The molecule has 101 heavy (non-hydrogen) atoms. The van der Waals surface area contributed by atoms with Crippen LogP contribution in [-0.2, 0) is 0 Å². The summed E-state index contributed by atoms with van der Waals surface area (Å²) < 4.78 is 15.3. The highest BCUT2D eigenvalue weighted by Gasteiger charge is 2.07. The van der Waals surface area contributed by atoms with Gasteiger partial charge in [0.25, 0.3) is 0 Å². The van der Waals surface area contributed by atoms with E-state index in [0.717, 1.165) is 16.1 Å². The first-order valence-corrected chi connectivity index (χ1v) is 38.4. The molecule has 0 saturated heterocycles. The highest BCUT2D eigenvalue weighted by atomic mass is 79.9. The van der Waals surface area contributed by atoms with Gasteiger partial charge in [-0.05, 0) is 191 Å². The van der Waals surface area contributed by atoms with E-state index in [1.807, 2.05) is 68.4 Å². The molecule has 0 heterocycles. The number of rotatable bonds is 10. The van der Waals surface area contributed by atoms with Crippen molar-refractivity contribution >= 4 is 43.5 Å². The van der Waals surface area contributed by atoms with Crippen LogP contribution < -0.4 is 0 Å². The van der Waals surface area contributed by atoms with Crippen molar-refractivity contribution in [3.63, 3.8) is 0 Å². The summed E-state index contributed by atoms with van der Waals surface area (Å²) in [7, 11) is 0. The summed E-state index contributed by atoms with van der Waals surface area (Å²) in [5, 5.41) is 0.873. The van der Waals surface area contributed by atoms with Crippen molar-refractivity contribution < 1.29 is 4.39 Å². The van der Waals surface area contributed by atoms with E-state index >= 15 is 0 Å². The van der Waals surface area contributed by atoms with Crippen molar-refractivity contribution in [1.82, 2.24) is 0 Å². The van der Waals surface area contributed by atoms with Crippen LogP contribution in [0.5, 0.6) is 0 Å². The summed E-state index contributed by atoms with van der Waals surface area (Å²) >= 11 is 12.9. The zero-order chi connectivity index (χ0) is 76.3. The van der Waals surface area contributed by atoms with Gasteiger partial charge in [-0.3, -0.25) is 0 Å². The number of terminal acetylenes is 1. The molecular formula is C97H126Br2ClF. The molecule has 0 amide bonds. The van der Waals surface area contributed by atoms with Gasteiger partial charge in [0.1, 0.15) is 5.82 Å². The van der Waals surface area contributed by atoms with Gasteiger partial charge in [0.2, 0.25) is 0 Å². The van der Waals surface area contributed by atoms with Crippen molar-refractivity contribution in [2.45, 2.75) is 232 Å². The van der Waals surface area contributed by atoms with E-state index in [-0.39, 0.29) is 11.7 Å². The molecule has 0 aromatic heterocycles. The van der Waals surface area contributed by atoms with Crippen LogP contribution in [0.1, 0.15) is 287 Å². The van der Waals surface area contributed by atoms with E-state index in [0.29, 0.717) is 53.3 Å². The van der Waals surface area contributed by atoms with Crippen LogP contribution in [0.25, 0.3) is 0 Å². The molecule has 0 aliphatic rings. The van der Waals surface area contributed by atoms with E-state index in [1.54, 1.807) is 6.07 Å². The Kier molecular flexibility index (Phi) is 46.6. The predicted octanol–water partition coefficient (Wildman–Crippen LogP) is 31.9. The summed E-state index contributed by atoms with van der Waals surface area (Å²) in [4.78, 5) is 0. The highest BCUT2D eigenvalue weighted by molar-refractivity contribution is 9.10. The predicted molar refractivity (Wildman–Crippen MR) is 457 cm³/mol. The van der Waals surface area contributed by atoms with E-state index in [4.69, 9.17) is 18.0 Å². The molecular weight excluding hydrogens is 1380 g/mol. The Balaban J connectivity index is 0.000000561. The first kappa shape index (κ1) is 92.0. The van der Waals surface area contributed by atoms with Crippen LogP contribution in [0.15, 0.2) is 252 Å². The monoisotopic (exact) mass is 1500 g/mol. The van der Waals surface area contributed by atoms with Gasteiger partial charge in [-0.2, -0.15) is 0 Å². The van der Waals surface area contributed by atoms with Crippen molar-refractivity contribution in [1.29, 1.82) is 0 Å². The molecule has 0 aliphatic carbocycles. The maximum atomic E-state index is 12.8. The lowest BCUT2D eigenvalue weighted by Gasteiger charge is -2.07. The minimum Gasteiger partial charge on any atom is -0.207 e. The SMILES string of the molecule is C#Cc1cccc(C(C)C)c1.CC(C)c1ccccc1Br.CC(C)c1ccccc1Br.CC(C)c1ccccc1Cl.CC(C)c1ccccc1F.Cc1ccc(C(C)C)cc1.Cc1ccc(C(C)C)cc1.Cc1cccc(C(C)C)c1.Cc1cccc(C(C)C)c1.Cc1ccccc1C(C)C. The second-order valence-electron chi connectivity index (χ2n) is 28.9. The summed E-state index contributed by atoms with van der Waals surface area (Å²) in [6.07, 6.45) is 5.27. The van der Waals surface area contributed by atoms with E-state index < -0.39 is 0 Å². The highest BCUT2D eigenvalue weighted by Crippen LogP contribution is 2.27. The molecule has 542 valence electrons. The smallest absolute Gasteiger partial charge is 0.126 e. The standard InChI is InChI=1S/C11H12.5C10H14.2C9H11Br.C9H11Cl.C9H11F/c1-4-10-6-5-7-11(8-10)9(2)3;2*1-8(2)10-6-4-9(3)5-7-10;2*1-8(2)10-6-4-5-9(3)7-10;1-8(2)10-7-5-4-6-9(10)3;4*1-7(2)8-5-3-4-6-9(8)10/h1,5-9H,2-3H3;5*4-8H,1-3H3;4*3-7H,1-2H3. The number of halogens is 4. The van der Waals surface area contributed by atoms with E-state index in [1.165, 1.54) is 92.9 Å². The summed E-state index contributed by atoms with van der Waals surface area (Å²) in [6, 6.07) is 82.9. The molecule has 10 aromatic carbocycles. The van der Waals surface area contributed by atoms with Gasteiger partial charge in [0, 0.05) is 19.5 Å². The average Bonchev–Trinajstić information content (AvgIpc) is 1.23. The van der Waals surface area contributed by atoms with Gasteiger partial charge in [-0.25, -0.2) is 4.39 Å². The van der Waals surface area contributed by atoms with E-state index in [9.17, 15) is 4.39 Å². The molecule has 4 heteroatoms. The first-order valence-electron chi connectivity index (χ1n) is 36.5. The normalized spacial score (nSPS) is 10.3. The number of benzene rings is 10. The van der Waals surface area contributed by atoms with Gasteiger partial charge >= 0.3 is 0 Å². The average molecular weight is 1510 g/mol. The Morgan fingerprint density at radius 1 is 0.277 bits per heavy atom. The van der Waals surface area contributed by atoms with Gasteiger partial charge < -0.3 is 0 Å². The van der Waals surface area contributed by atoms with Crippen molar-refractivity contribution in [3.05, 3.63) is 351 Å². The molecule has 10 aromatic rings. The van der Waals surface area contributed by atoms with Crippen LogP contribution in [0, 0.1) is 52.8 Å². The molecule has 10 rings (SSSR count). The quantitative estimate of drug-likeness (QED) is 0.120. The topological polar surface area (TPSA) is 0 Å². The zero-order valence-electron chi connectivity index (χ0n) is 66.5. The fraction of sp³-hybridized carbons (Fsp3) is 0.361. The second-order valence-corrected chi connectivity index (χ2v) is 31.0. The van der Waals surface area contributed by atoms with Crippen LogP contribution in [0.4, 0.5) is 4.39 Å². The minimum absolute atomic E-state index is 0.0995. The van der Waals surface area contributed by atoms with E-state index in [2.05, 4.69) is 373 Å². The van der Waals surface area contributed by atoms with Crippen LogP contribution in [0.2, 0.25) is 5.02 Å². The van der Waals surface area contributed by atoms with Crippen molar-refractivity contribution in [2.75, 3.05) is 0 Å². The van der Waals surface area contributed by atoms with Crippen LogP contribution in [0.3, 0.4) is 0 Å². The van der Waals surface area contributed by atoms with Gasteiger partial charge in [0.05, 0.1) is 0 Å². The van der Waals surface area contributed by atoms with Crippen LogP contribution >= 0.6 is 43.5 Å². The maximum absolute atomic E-state index is 12.8. The van der Waals surface area contributed by atoms with Gasteiger partial charge in [-0.15, -0.1) is 6.42 Å². The molecule has 0 saturated carbocycles. The molecule has 0 atom stereocenters. The molecule has 0 unspecified atom stereocenters. The molecule has 0 radical (unpaired) electrons. The lowest BCUT2D eigenvalue weighted by molar-refractivity contribution is 0.598. The molecule has 0 spiro atoms. The van der Waals surface area contributed by atoms with Gasteiger partial charge in [0.15, 0.2) is 0 Å². The summed E-state index contributed by atoms with van der Waals surface area (Å²) in [5.41, 5.74) is 21.0. The molecule has 0 nitrogen and oxygen atoms in total. The van der Waals surface area contributed by atoms with Crippen molar-refractivity contribution in [3.8, 4) is 12.3 Å². The van der Waals surface area contributed by atoms with Crippen LogP contribution in [-0.4, -0.2) is 0 Å². The first-order chi connectivity index (χ1) is 47.6. The Morgan fingerprint density at radius 3 is 0.832 bits per heavy atom. The lowest BCUT2D eigenvalue weighted by atomic mass is 9.99. The molecule has 0 fully saturated rings. The fourth-order valence-electron chi connectivity index (χ4n) is 9.96. The zero-order valence-corrected chi connectivity index (χ0v) is 70.4. The Bertz CT molecular complexity index is 3470. The summed E-state index contributed by atoms with van der Waals surface area (Å²) in [5.74, 6) is 8.36. The lowest BCUT2D eigenvalue weighted by Crippen LogP contribution is -1.90. The minimum atomic E-state index is -0.0995. The molecule has 0 N–H and O–H groups in total. The molecule has 0 aliphatic heterocycles. The van der Waals surface area contributed by atoms with Crippen molar-refractivity contribution in [2.24, 2.45) is 0 Å². The Labute approximate surface area is 639 Å². The molecule has 0 bridgehead atoms. The fourth-order valence-corrected chi connectivity index (χ4v) is 11.8. The summed E-state index contributed by atoms with van der Waals surface area (Å²) in [6.45, 7) is 54.2. The third kappa shape index (κ3) is 39.2. The number of hydrogen-bond acceptors (Lipinski definition) is 0. The Hall–Kier alpha value is -7.06. The third-order valence-electron chi connectivity index (χ3n) is 16.5. The number of aryl methyl sites for hydroxylation is 5. The largest absolute Gasteiger partial charge is 0.207 e. The second kappa shape index (κ2) is 51.1. The van der Waals surface area contributed by atoms with Gasteiger partial charge in [-0.1, -0.05) is 416 Å². The maximum Gasteiger partial charge on any atom is 0.126 e. The third-order valence-corrected chi connectivity index (χ3v) is 18.3.